The number of benzene rings is 3. The summed E-state index contributed by atoms with van der Waals surface area (Å²) in [4.78, 5) is 12.6. The molecule has 0 saturated heterocycles. The van der Waals surface area contributed by atoms with Crippen LogP contribution in [-0.2, 0) is 14.9 Å². The molecule has 0 aliphatic heterocycles. The number of hydrogen-bond donors (Lipinski definition) is 1. The SMILES string of the molecule is Cc1ccc(S(=O)(=O)Oc2ccc(Br)cc2/C=C(/C#N)C(=O)Nc2ccc(I)cc2)cc1. The van der Waals surface area contributed by atoms with Gasteiger partial charge in [0.05, 0.1) is 0 Å². The Kier molecular flexibility index (Phi) is 7.71. The summed E-state index contributed by atoms with van der Waals surface area (Å²) in [5, 5.41) is 12.2. The van der Waals surface area contributed by atoms with E-state index in [4.69, 9.17) is 4.18 Å². The molecule has 6 nitrogen and oxygen atoms in total. The molecule has 0 radical (unpaired) electrons. The molecule has 32 heavy (non-hydrogen) atoms. The average Bonchev–Trinajstić information content (AvgIpc) is 2.75. The van der Waals surface area contributed by atoms with Crippen LogP contribution in [0.4, 0.5) is 5.69 Å². The Balaban J connectivity index is 1.93. The van der Waals surface area contributed by atoms with Gasteiger partial charge in [-0.05, 0) is 90.2 Å². The number of halogens is 2. The Morgan fingerprint density at radius 1 is 1.09 bits per heavy atom. The normalized spacial score (nSPS) is 11.5. The van der Waals surface area contributed by atoms with Gasteiger partial charge in [-0.3, -0.25) is 4.79 Å². The van der Waals surface area contributed by atoms with Crippen LogP contribution in [0.3, 0.4) is 0 Å². The van der Waals surface area contributed by atoms with Crippen molar-refractivity contribution < 1.29 is 17.4 Å². The van der Waals surface area contributed by atoms with Crippen molar-refractivity contribution in [1.29, 1.82) is 5.26 Å². The Hall–Kier alpha value is -2.68. The molecule has 0 aliphatic carbocycles. The summed E-state index contributed by atoms with van der Waals surface area (Å²) in [6, 6.07) is 19.8. The number of hydrogen-bond acceptors (Lipinski definition) is 5. The van der Waals surface area contributed by atoms with Gasteiger partial charge in [-0.1, -0.05) is 33.6 Å². The van der Waals surface area contributed by atoms with Crippen LogP contribution in [0.25, 0.3) is 6.08 Å². The summed E-state index contributed by atoms with van der Waals surface area (Å²) >= 11 is 5.46. The van der Waals surface area contributed by atoms with E-state index in [2.05, 4.69) is 43.8 Å². The van der Waals surface area contributed by atoms with Crippen LogP contribution >= 0.6 is 38.5 Å². The maximum Gasteiger partial charge on any atom is 0.339 e. The van der Waals surface area contributed by atoms with Crippen molar-refractivity contribution in [1.82, 2.24) is 0 Å². The molecule has 0 spiro atoms. The van der Waals surface area contributed by atoms with Crippen molar-refractivity contribution in [2.75, 3.05) is 5.32 Å². The summed E-state index contributed by atoms with van der Waals surface area (Å²) in [5.74, 6) is -0.635. The maximum absolute atomic E-state index is 12.7. The summed E-state index contributed by atoms with van der Waals surface area (Å²) < 4.78 is 32.4. The number of carbonyl (C=O) groups excluding carboxylic acids is 1. The molecule has 0 aromatic heterocycles. The third-order valence-corrected chi connectivity index (χ3v) is 6.71. The molecule has 0 heterocycles. The molecule has 0 fully saturated rings. The first-order valence-corrected chi connectivity index (χ1v) is 12.5. The van der Waals surface area contributed by atoms with E-state index in [1.165, 1.54) is 24.3 Å². The van der Waals surface area contributed by atoms with Gasteiger partial charge in [-0.2, -0.15) is 13.7 Å². The molecule has 1 N–H and O–H groups in total. The molecular formula is C23H16BrIN2O4S. The van der Waals surface area contributed by atoms with Gasteiger partial charge in [-0.15, -0.1) is 0 Å². The highest BCUT2D eigenvalue weighted by atomic mass is 127. The minimum Gasteiger partial charge on any atom is -0.378 e. The second-order valence-electron chi connectivity index (χ2n) is 6.66. The number of nitrogens with zero attached hydrogens (tertiary/aromatic N) is 1. The highest BCUT2D eigenvalue weighted by Crippen LogP contribution is 2.29. The lowest BCUT2D eigenvalue weighted by atomic mass is 10.1. The molecule has 3 aromatic carbocycles. The first-order chi connectivity index (χ1) is 15.2. The lowest BCUT2D eigenvalue weighted by Gasteiger charge is -2.11. The first-order valence-electron chi connectivity index (χ1n) is 9.17. The number of carbonyl (C=O) groups is 1. The third-order valence-electron chi connectivity index (χ3n) is 4.25. The first kappa shape index (κ1) is 24.0. The zero-order valence-corrected chi connectivity index (χ0v) is 21.2. The fraction of sp³-hybridized carbons (Fsp3) is 0.0435. The smallest absolute Gasteiger partial charge is 0.339 e. The zero-order chi connectivity index (χ0) is 23.3. The van der Waals surface area contributed by atoms with Crippen LogP contribution in [-0.4, -0.2) is 14.3 Å². The molecule has 1 amide bonds. The van der Waals surface area contributed by atoms with Crippen molar-refractivity contribution >= 4 is 66.3 Å². The monoisotopic (exact) mass is 622 g/mol. The van der Waals surface area contributed by atoms with Crippen LogP contribution in [0.1, 0.15) is 11.1 Å². The lowest BCUT2D eigenvalue weighted by Crippen LogP contribution is -2.14. The van der Waals surface area contributed by atoms with E-state index in [0.29, 0.717) is 10.2 Å². The topological polar surface area (TPSA) is 96.3 Å². The van der Waals surface area contributed by atoms with E-state index in [1.807, 2.05) is 25.1 Å². The van der Waals surface area contributed by atoms with E-state index < -0.39 is 16.0 Å². The van der Waals surface area contributed by atoms with Gasteiger partial charge in [-0.25, -0.2) is 0 Å². The van der Waals surface area contributed by atoms with Gasteiger partial charge < -0.3 is 9.50 Å². The molecule has 9 heteroatoms. The predicted molar refractivity (Wildman–Crippen MR) is 135 cm³/mol. The van der Waals surface area contributed by atoms with Gasteiger partial charge in [0.2, 0.25) is 0 Å². The number of anilines is 1. The van der Waals surface area contributed by atoms with Crippen molar-refractivity contribution in [3.8, 4) is 11.8 Å². The highest BCUT2D eigenvalue weighted by molar-refractivity contribution is 14.1. The molecule has 0 bridgehead atoms. The van der Waals surface area contributed by atoms with Gasteiger partial charge in [0.1, 0.15) is 22.3 Å². The zero-order valence-electron chi connectivity index (χ0n) is 16.7. The van der Waals surface area contributed by atoms with Crippen LogP contribution in [0.2, 0.25) is 0 Å². The lowest BCUT2D eigenvalue weighted by molar-refractivity contribution is -0.112. The Bertz CT molecular complexity index is 1330. The number of nitrogens with one attached hydrogen (secondary N) is 1. The van der Waals surface area contributed by atoms with Gasteiger partial charge in [0, 0.05) is 19.3 Å². The maximum atomic E-state index is 12.7. The van der Waals surface area contributed by atoms with Crippen LogP contribution < -0.4 is 9.50 Å². The fourth-order valence-corrected chi connectivity index (χ4v) is 4.31. The minimum absolute atomic E-state index is 0.00194. The Morgan fingerprint density at radius 2 is 1.75 bits per heavy atom. The predicted octanol–water partition coefficient (Wildman–Crippen LogP) is 5.68. The van der Waals surface area contributed by atoms with Gasteiger partial charge in [0.15, 0.2) is 0 Å². The minimum atomic E-state index is -4.11. The number of rotatable bonds is 6. The molecule has 3 rings (SSSR count). The van der Waals surface area contributed by atoms with Crippen molar-refractivity contribution in [2.45, 2.75) is 11.8 Å². The summed E-state index contributed by atoms with van der Waals surface area (Å²) in [5.41, 5.74) is 1.49. The van der Waals surface area contributed by atoms with Gasteiger partial charge >= 0.3 is 10.1 Å². The molecular weight excluding hydrogens is 607 g/mol. The third kappa shape index (κ3) is 6.18. The van der Waals surface area contributed by atoms with E-state index in [0.717, 1.165) is 9.13 Å². The second kappa shape index (κ2) is 10.3. The number of amides is 1. The quantitative estimate of drug-likeness (QED) is 0.165. The molecule has 0 saturated carbocycles. The second-order valence-corrected chi connectivity index (χ2v) is 10.4. The van der Waals surface area contributed by atoms with E-state index in [-0.39, 0.29) is 21.8 Å². The van der Waals surface area contributed by atoms with E-state index >= 15 is 0 Å². The average molecular weight is 623 g/mol. The number of aryl methyl sites for hydroxylation is 1. The standard InChI is InChI=1S/C23H16BrIN2O4S/c1-15-2-9-21(10-3-15)32(29,30)31-22-11-4-18(24)13-16(22)12-17(14-26)23(28)27-20-7-5-19(25)6-8-20/h2-13H,1H3,(H,27,28)/b17-12-. The number of nitriles is 1. The van der Waals surface area contributed by atoms with Crippen LogP contribution in [0.15, 0.2) is 81.7 Å². The van der Waals surface area contributed by atoms with Crippen LogP contribution in [0.5, 0.6) is 5.75 Å². The largest absolute Gasteiger partial charge is 0.378 e. The molecule has 0 aliphatic rings. The highest BCUT2D eigenvalue weighted by Gasteiger charge is 2.19. The summed E-state index contributed by atoms with van der Waals surface area (Å²) in [7, 11) is -4.11. The Labute approximate surface area is 208 Å². The van der Waals surface area contributed by atoms with Crippen LogP contribution in [0, 0.1) is 21.8 Å². The van der Waals surface area contributed by atoms with Crippen molar-refractivity contribution in [3.05, 3.63) is 91.5 Å². The fourth-order valence-electron chi connectivity index (χ4n) is 2.61. The molecule has 162 valence electrons. The van der Waals surface area contributed by atoms with E-state index in [1.54, 1.807) is 36.4 Å². The molecule has 0 atom stereocenters. The summed E-state index contributed by atoms with van der Waals surface area (Å²) in [6.45, 7) is 1.85. The van der Waals surface area contributed by atoms with E-state index in [9.17, 15) is 18.5 Å². The molecule has 3 aromatic rings. The Morgan fingerprint density at radius 3 is 2.38 bits per heavy atom. The summed E-state index contributed by atoms with van der Waals surface area (Å²) in [6.07, 6.45) is 1.28. The van der Waals surface area contributed by atoms with Crippen molar-refractivity contribution in [3.63, 3.8) is 0 Å². The molecule has 0 unspecified atom stereocenters. The van der Waals surface area contributed by atoms with Crippen molar-refractivity contribution in [2.24, 2.45) is 0 Å². The van der Waals surface area contributed by atoms with Gasteiger partial charge in [0.25, 0.3) is 5.91 Å².